The fourth-order valence-corrected chi connectivity index (χ4v) is 1.07. The molecule has 1 radical (unpaired) electrons. The normalized spacial score (nSPS) is 9.00. The van der Waals surface area contributed by atoms with E-state index in [2.05, 4.69) is 0 Å². The van der Waals surface area contributed by atoms with Gasteiger partial charge in [-0.2, -0.15) is 0 Å². The van der Waals surface area contributed by atoms with E-state index >= 15 is 0 Å². The van der Waals surface area contributed by atoms with E-state index in [-0.39, 0.29) is 47.5 Å². The van der Waals surface area contributed by atoms with Gasteiger partial charge in [0, 0.05) is 35.1 Å². The van der Waals surface area contributed by atoms with Gasteiger partial charge in [-0.3, -0.25) is 9.59 Å². The molecule has 0 aliphatic heterocycles. The second-order valence-electron chi connectivity index (χ2n) is 3.17. The van der Waals surface area contributed by atoms with Crippen LogP contribution in [0.5, 0.6) is 0 Å². The van der Waals surface area contributed by atoms with Crippen LogP contribution in [0.1, 0.15) is 29.3 Å². The molecule has 1 aromatic carbocycles. The summed E-state index contributed by atoms with van der Waals surface area (Å²) in [6.45, 7) is 3.38. The zero-order valence-corrected chi connectivity index (χ0v) is 10.8. The largest absolute Gasteiger partial charge is 0.300 e. The Hall–Kier alpha value is -0.440. The van der Waals surface area contributed by atoms with E-state index in [9.17, 15) is 9.59 Å². The van der Waals surface area contributed by atoms with Gasteiger partial charge in [-0.05, 0) is 13.8 Å². The quantitative estimate of drug-likeness (QED) is 0.422. The maximum Gasteiger partial charge on any atom is 0.170 e. The third-order valence-corrected chi connectivity index (χ3v) is 1.78. The van der Waals surface area contributed by atoms with Gasteiger partial charge in [0.15, 0.2) is 5.78 Å². The van der Waals surface area contributed by atoms with Crippen molar-refractivity contribution >= 4 is 41.1 Å². The molecule has 0 N–H and O–H groups in total. The number of rotatable bonds is 3. The molecule has 1 rings (SSSR count). The Morgan fingerprint density at radius 1 is 1.14 bits per heavy atom. The average Bonchev–Trinajstić information content (AvgIpc) is 2.04. The van der Waals surface area contributed by atoms with Gasteiger partial charge in [0.05, 0.1) is 6.42 Å². The maximum atomic E-state index is 11.3. The van der Waals surface area contributed by atoms with Crippen molar-refractivity contribution in [3.05, 3.63) is 35.4 Å². The van der Waals surface area contributed by atoms with Crippen LogP contribution in [0.15, 0.2) is 24.3 Å². The predicted octanol–water partition coefficient (Wildman–Crippen LogP) is 1.78. The standard InChI is InChI=1S/C11H12O2.Na/c1-8-3-5-10(6-4-8)11(13)7-9(2)12;/h3-6H,7H2,1-2H3;. The summed E-state index contributed by atoms with van der Waals surface area (Å²) in [7, 11) is 0. The van der Waals surface area contributed by atoms with E-state index in [1.165, 1.54) is 6.92 Å². The number of ketones is 2. The molecule has 3 heteroatoms. The summed E-state index contributed by atoms with van der Waals surface area (Å²) in [5.41, 5.74) is 1.72. The van der Waals surface area contributed by atoms with Crippen LogP contribution in [-0.4, -0.2) is 41.1 Å². The van der Waals surface area contributed by atoms with Gasteiger partial charge in [0.1, 0.15) is 5.78 Å². The second-order valence-corrected chi connectivity index (χ2v) is 3.17. The van der Waals surface area contributed by atoms with E-state index in [4.69, 9.17) is 0 Å². The second kappa shape index (κ2) is 6.12. The first-order valence-corrected chi connectivity index (χ1v) is 4.19. The van der Waals surface area contributed by atoms with E-state index in [0.717, 1.165) is 5.56 Å². The zero-order chi connectivity index (χ0) is 9.84. The number of carbonyl (C=O) groups is 2. The molecular formula is C11H12NaO2. The first kappa shape index (κ1) is 13.6. The van der Waals surface area contributed by atoms with Crippen molar-refractivity contribution < 1.29 is 9.59 Å². The smallest absolute Gasteiger partial charge is 0.170 e. The molecule has 0 aromatic heterocycles. The summed E-state index contributed by atoms with van der Waals surface area (Å²) in [6.07, 6.45) is 0.00304. The monoisotopic (exact) mass is 199 g/mol. The summed E-state index contributed by atoms with van der Waals surface area (Å²) >= 11 is 0. The molecule has 0 saturated heterocycles. The number of aryl methyl sites for hydroxylation is 1. The Balaban J connectivity index is 0.00000169. The van der Waals surface area contributed by atoms with E-state index in [1.807, 2.05) is 19.1 Å². The molecule has 0 aliphatic carbocycles. The third kappa shape index (κ3) is 4.18. The van der Waals surface area contributed by atoms with E-state index < -0.39 is 0 Å². The first-order valence-electron chi connectivity index (χ1n) is 4.19. The van der Waals surface area contributed by atoms with E-state index in [0.29, 0.717) is 5.56 Å². The van der Waals surface area contributed by atoms with Crippen LogP contribution in [-0.2, 0) is 4.79 Å². The fourth-order valence-electron chi connectivity index (χ4n) is 1.07. The minimum absolute atomic E-state index is 0. The summed E-state index contributed by atoms with van der Waals surface area (Å²) in [4.78, 5) is 22.0. The molecule has 0 amide bonds. The molecule has 2 nitrogen and oxygen atoms in total. The zero-order valence-electron chi connectivity index (χ0n) is 8.83. The molecule has 1 aromatic rings. The van der Waals surface area contributed by atoms with Crippen molar-refractivity contribution in [3.63, 3.8) is 0 Å². The SMILES string of the molecule is CC(=O)CC(=O)c1ccc(C)cc1.[Na]. The topological polar surface area (TPSA) is 34.1 Å². The molecule has 0 unspecified atom stereocenters. The molecule has 0 bridgehead atoms. The summed E-state index contributed by atoms with van der Waals surface area (Å²) < 4.78 is 0. The number of Topliss-reactive ketones (excluding diaryl/α,β-unsaturated/α-hetero) is 2. The molecule has 0 spiro atoms. The first-order chi connectivity index (χ1) is 6.09. The third-order valence-electron chi connectivity index (χ3n) is 1.78. The van der Waals surface area contributed by atoms with Crippen LogP contribution in [0.4, 0.5) is 0 Å². The molecule has 0 aliphatic rings. The Morgan fingerprint density at radius 3 is 2.07 bits per heavy atom. The van der Waals surface area contributed by atoms with Crippen molar-refractivity contribution in [2.75, 3.05) is 0 Å². The number of carbonyl (C=O) groups excluding carboxylic acids is 2. The molecule has 14 heavy (non-hydrogen) atoms. The summed E-state index contributed by atoms with van der Waals surface area (Å²) in [6, 6.07) is 7.24. The Kier molecular flexibility index (Phi) is 5.93. The Bertz CT molecular complexity index is 328. The van der Waals surface area contributed by atoms with Crippen LogP contribution in [0, 0.1) is 6.92 Å². The number of benzene rings is 1. The van der Waals surface area contributed by atoms with Crippen LogP contribution in [0.3, 0.4) is 0 Å². The Morgan fingerprint density at radius 2 is 1.64 bits per heavy atom. The van der Waals surface area contributed by atoms with Gasteiger partial charge in [0.25, 0.3) is 0 Å². The molecule has 0 heterocycles. The maximum absolute atomic E-state index is 11.3. The Labute approximate surface area is 106 Å². The van der Waals surface area contributed by atoms with Gasteiger partial charge in [-0.15, -0.1) is 0 Å². The van der Waals surface area contributed by atoms with Crippen molar-refractivity contribution in [1.82, 2.24) is 0 Å². The molecular weight excluding hydrogens is 187 g/mol. The molecule has 0 atom stereocenters. The van der Waals surface area contributed by atoms with Gasteiger partial charge in [0.2, 0.25) is 0 Å². The fraction of sp³-hybridized carbons (Fsp3) is 0.273. The van der Waals surface area contributed by atoms with Crippen molar-refractivity contribution in [1.29, 1.82) is 0 Å². The summed E-state index contributed by atoms with van der Waals surface area (Å²) in [5, 5.41) is 0. The number of hydrogen-bond acceptors (Lipinski definition) is 2. The summed E-state index contributed by atoms with van der Waals surface area (Å²) in [5.74, 6) is -0.196. The van der Waals surface area contributed by atoms with Crippen LogP contribution >= 0.6 is 0 Å². The van der Waals surface area contributed by atoms with Crippen molar-refractivity contribution in [3.8, 4) is 0 Å². The average molecular weight is 199 g/mol. The van der Waals surface area contributed by atoms with Crippen LogP contribution in [0.2, 0.25) is 0 Å². The number of hydrogen-bond donors (Lipinski definition) is 0. The molecule has 0 fully saturated rings. The van der Waals surface area contributed by atoms with Crippen molar-refractivity contribution in [2.24, 2.45) is 0 Å². The predicted molar refractivity (Wildman–Crippen MR) is 56.6 cm³/mol. The van der Waals surface area contributed by atoms with E-state index in [1.54, 1.807) is 12.1 Å². The van der Waals surface area contributed by atoms with Gasteiger partial charge in [-0.25, -0.2) is 0 Å². The minimum atomic E-state index is -0.104. The van der Waals surface area contributed by atoms with Crippen molar-refractivity contribution in [2.45, 2.75) is 20.3 Å². The van der Waals surface area contributed by atoms with Crippen LogP contribution in [0.25, 0.3) is 0 Å². The van der Waals surface area contributed by atoms with Gasteiger partial charge < -0.3 is 0 Å². The molecule has 69 valence electrons. The van der Waals surface area contributed by atoms with Gasteiger partial charge >= 0.3 is 0 Å². The van der Waals surface area contributed by atoms with Crippen LogP contribution < -0.4 is 0 Å². The minimum Gasteiger partial charge on any atom is -0.300 e. The molecule has 0 saturated carbocycles. The van der Waals surface area contributed by atoms with Gasteiger partial charge in [-0.1, -0.05) is 29.8 Å².